The summed E-state index contributed by atoms with van der Waals surface area (Å²) < 4.78 is 1.82. The molecule has 0 spiro atoms. The highest BCUT2D eigenvalue weighted by atomic mass is 35.5. The fourth-order valence-corrected chi connectivity index (χ4v) is 3.19. The monoisotopic (exact) mass is 356 g/mol. The number of anilines is 2. The first-order valence-corrected chi connectivity index (χ1v) is 8.48. The summed E-state index contributed by atoms with van der Waals surface area (Å²) in [5.41, 5.74) is 3.28. The number of halogens is 1. The number of rotatable bonds is 4. The Balaban J connectivity index is 2.05. The molecular weight excluding hydrogens is 340 g/mol. The highest BCUT2D eigenvalue weighted by Gasteiger charge is 2.30. The van der Waals surface area contributed by atoms with Gasteiger partial charge in [0.1, 0.15) is 17.6 Å². The lowest BCUT2D eigenvalue weighted by Gasteiger charge is -2.12. The maximum atomic E-state index is 12.9. The minimum absolute atomic E-state index is 0.244. The van der Waals surface area contributed by atoms with Gasteiger partial charge in [-0.15, -0.1) is 11.6 Å². The normalized spacial score (nSPS) is 12.4. The lowest BCUT2D eigenvalue weighted by Crippen LogP contribution is -2.21. The first kappa shape index (κ1) is 17.1. The first-order valence-electron chi connectivity index (χ1n) is 7.95. The number of amides is 2. The molecule has 1 aromatic carbocycles. The van der Waals surface area contributed by atoms with Crippen molar-refractivity contribution in [2.45, 2.75) is 26.3 Å². The Labute approximate surface area is 150 Å². The van der Waals surface area contributed by atoms with E-state index in [0.717, 1.165) is 17.7 Å². The number of carbonyl (C=O) groups is 2. The fraction of sp³-hybridized carbons (Fsp3) is 0.278. The highest BCUT2D eigenvalue weighted by Crippen LogP contribution is 2.33. The molecule has 0 bridgehead atoms. The van der Waals surface area contributed by atoms with Gasteiger partial charge in [0.2, 0.25) is 5.91 Å². The second-order valence-electron chi connectivity index (χ2n) is 5.86. The van der Waals surface area contributed by atoms with Gasteiger partial charge >= 0.3 is 0 Å². The van der Waals surface area contributed by atoms with E-state index in [9.17, 15) is 14.9 Å². The van der Waals surface area contributed by atoms with Crippen molar-refractivity contribution in [1.29, 1.82) is 5.26 Å². The van der Waals surface area contributed by atoms with Crippen LogP contribution in [0.2, 0.25) is 0 Å². The number of hydrogen-bond acceptors (Lipinski definition) is 3. The van der Waals surface area contributed by atoms with Crippen LogP contribution < -0.4 is 10.6 Å². The fourth-order valence-electron chi connectivity index (χ4n) is 3.12. The predicted octanol–water partition coefficient (Wildman–Crippen LogP) is 3.04. The number of alkyl halides is 1. The van der Waals surface area contributed by atoms with E-state index in [2.05, 4.69) is 16.7 Å². The molecular formula is C18H17ClN4O2. The standard InChI is InChI=1S/C18H17ClN4O2/c1-11-5-2-3-6-13(11)21-18(25)17-16(22-15(24)9-19)12(10-20)14-7-4-8-23(14)17/h2-3,5-6H,4,7-9H2,1H3,(H,21,25)(H,22,24). The van der Waals surface area contributed by atoms with Crippen LogP contribution in [0.5, 0.6) is 0 Å². The van der Waals surface area contributed by atoms with Crippen molar-refractivity contribution >= 4 is 34.8 Å². The molecule has 2 amide bonds. The number of carbonyl (C=O) groups excluding carboxylic acids is 2. The molecule has 0 saturated carbocycles. The lowest BCUT2D eigenvalue weighted by atomic mass is 10.1. The molecule has 0 radical (unpaired) electrons. The average molecular weight is 357 g/mol. The predicted molar refractivity (Wildman–Crippen MR) is 95.9 cm³/mol. The zero-order chi connectivity index (χ0) is 18.0. The zero-order valence-corrected chi connectivity index (χ0v) is 14.5. The summed E-state index contributed by atoms with van der Waals surface area (Å²) in [6, 6.07) is 9.55. The Morgan fingerprint density at radius 1 is 1.32 bits per heavy atom. The molecule has 0 unspecified atom stereocenters. The molecule has 128 valence electrons. The number of hydrogen-bond donors (Lipinski definition) is 2. The van der Waals surface area contributed by atoms with Gasteiger partial charge in [0.15, 0.2) is 0 Å². The summed E-state index contributed by atoms with van der Waals surface area (Å²) in [7, 11) is 0. The van der Waals surface area contributed by atoms with E-state index in [0.29, 0.717) is 29.9 Å². The van der Waals surface area contributed by atoms with Crippen molar-refractivity contribution in [2.75, 3.05) is 16.5 Å². The Hall–Kier alpha value is -2.78. The van der Waals surface area contributed by atoms with Gasteiger partial charge in [-0.1, -0.05) is 18.2 Å². The molecule has 0 saturated heterocycles. The number of nitriles is 1. The minimum atomic E-state index is -0.451. The second-order valence-corrected chi connectivity index (χ2v) is 6.13. The molecule has 2 aromatic rings. The SMILES string of the molecule is Cc1ccccc1NC(=O)c1c(NC(=O)CCl)c(C#N)c2n1CCC2. The zero-order valence-electron chi connectivity index (χ0n) is 13.7. The van der Waals surface area contributed by atoms with Crippen molar-refractivity contribution in [3.05, 3.63) is 46.8 Å². The largest absolute Gasteiger partial charge is 0.337 e. The summed E-state index contributed by atoms with van der Waals surface area (Å²) in [4.78, 5) is 24.7. The number of benzene rings is 1. The third kappa shape index (κ3) is 3.11. The van der Waals surface area contributed by atoms with Gasteiger partial charge in [-0.3, -0.25) is 9.59 Å². The van der Waals surface area contributed by atoms with Crippen LogP contribution in [0.25, 0.3) is 0 Å². The number of nitrogens with zero attached hydrogens (tertiary/aromatic N) is 2. The maximum Gasteiger partial charge on any atom is 0.274 e. The van der Waals surface area contributed by atoms with Gasteiger partial charge in [0.25, 0.3) is 5.91 Å². The molecule has 0 aliphatic carbocycles. The van der Waals surface area contributed by atoms with Crippen LogP contribution in [0.4, 0.5) is 11.4 Å². The number of para-hydroxylation sites is 1. The smallest absolute Gasteiger partial charge is 0.274 e. The molecule has 7 heteroatoms. The van der Waals surface area contributed by atoms with Crippen LogP contribution in [-0.2, 0) is 17.8 Å². The van der Waals surface area contributed by atoms with Crippen molar-refractivity contribution in [3.63, 3.8) is 0 Å². The van der Waals surface area contributed by atoms with E-state index in [1.54, 1.807) is 0 Å². The van der Waals surface area contributed by atoms with Crippen LogP contribution >= 0.6 is 11.6 Å². The van der Waals surface area contributed by atoms with Gasteiger partial charge in [0.05, 0.1) is 11.3 Å². The van der Waals surface area contributed by atoms with Gasteiger partial charge < -0.3 is 15.2 Å². The first-order chi connectivity index (χ1) is 12.1. The van der Waals surface area contributed by atoms with Crippen LogP contribution in [0, 0.1) is 18.3 Å². The Kier molecular flexibility index (Phi) is 4.77. The van der Waals surface area contributed by atoms with Crippen molar-refractivity contribution < 1.29 is 9.59 Å². The van der Waals surface area contributed by atoms with E-state index in [-0.39, 0.29) is 17.5 Å². The summed E-state index contributed by atoms with van der Waals surface area (Å²) in [6.45, 7) is 2.53. The van der Waals surface area contributed by atoms with Crippen LogP contribution in [-0.4, -0.2) is 22.3 Å². The molecule has 6 nitrogen and oxygen atoms in total. The highest BCUT2D eigenvalue weighted by molar-refractivity contribution is 6.29. The topological polar surface area (TPSA) is 86.9 Å². The molecule has 3 rings (SSSR count). The van der Waals surface area contributed by atoms with E-state index in [1.807, 2.05) is 35.8 Å². The van der Waals surface area contributed by atoms with Gasteiger partial charge in [0, 0.05) is 17.9 Å². The molecule has 2 heterocycles. The summed E-state index contributed by atoms with van der Waals surface area (Å²) >= 11 is 5.57. The third-order valence-corrected chi connectivity index (χ3v) is 4.52. The average Bonchev–Trinajstić information content (AvgIpc) is 3.16. The molecule has 25 heavy (non-hydrogen) atoms. The summed E-state index contributed by atoms with van der Waals surface area (Å²) in [5, 5.41) is 15.0. The lowest BCUT2D eigenvalue weighted by molar-refractivity contribution is -0.113. The summed E-state index contributed by atoms with van der Waals surface area (Å²) in [5.74, 6) is -1.05. The number of nitrogens with one attached hydrogen (secondary N) is 2. The Morgan fingerprint density at radius 3 is 2.76 bits per heavy atom. The van der Waals surface area contributed by atoms with Gasteiger partial charge in [-0.2, -0.15) is 5.26 Å². The molecule has 1 aromatic heterocycles. The van der Waals surface area contributed by atoms with Crippen molar-refractivity contribution in [1.82, 2.24) is 4.57 Å². The van der Waals surface area contributed by atoms with Crippen LogP contribution in [0.15, 0.2) is 24.3 Å². The molecule has 0 fully saturated rings. The Morgan fingerprint density at radius 2 is 2.08 bits per heavy atom. The molecule has 1 aliphatic heterocycles. The third-order valence-electron chi connectivity index (χ3n) is 4.27. The number of fused-ring (bicyclic) bond motifs is 1. The summed E-state index contributed by atoms with van der Waals surface area (Å²) in [6.07, 6.45) is 1.56. The number of aromatic nitrogens is 1. The molecule has 1 aliphatic rings. The minimum Gasteiger partial charge on any atom is -0.337 e. The van der Waals surface area contributed by atoms with Crippen molar-refractivity contribution in [3.8, 4) is 6.07 Å². The Bertz CT molecular complexity index is 895. The van der Waals surface area contributed by atoms with Gasteiger partial charge in [-0.25, -0.2) is 0 Å². The van der Waals surface area contributed by atoms with Crippen LogP contribution in [0.3, 0.4) is 0 Å². The van der Waals surface area contributed by atoms with Gasteiger partial charge in [-0.05, 0) is 31.4 Å². The van der Waals surface area contributed by atoms with Crippen molar-refractivity contribution in [2.24, 2.45) is 0 Å². The van der Waals surface area contributed by atoms with E-state index >= 15 is 0 Å². The van der Waals surface area contributed by atoms with Crippen LogP contribution in [0.1, 0.15) is 33.7 Å². The molecule has 0 atom stereocenters. The quantitative estimate of drug-likeness (QED) is 0.825. The maximum absolute atomic E-state index is 12.9. The molecule has 2 N–H and O–H groups in total. The van der Waals surface area contributed by atoms with E-state index < -0.39 is 5.91 Å². The second kappa shape index (κ2) is 6.99. The number of aryl methyl sites for hydroxylation is 1. The van der Waals surface area contributed by atoms with E-state index in [4.69, 9.17) is 11.6 Å². The van der Waals surface area contributed by atoms with E-state index in [1.165, 1.54) is 0 Å².